The normalized spacial score (nSPS) is 13.8. The number of oxazole rings is 1. The summed E-state index contributed by atoms with van der Waals surface area (Å²) in [6.07, 6.45) is 1.35. The van der Waals surface area contributed by atoms with Crippen LogP contribution in [0.1, 0.15) is 23.9 Å². The summed E-state index contributed by atoms with van der Waals surface area (Å²) in [6.45, 7) is 3.77. The van der Waals surface area contributed by atoms with Crippen LogP contribution in [0.3, 0.4) is 0 Å². The van der Waals surface area contributed by atoms with E-state index in [2.05, 4.69) is 26.2 Å². The topological polar surface area (TPSA) is 81.2 Å². The van der Waals surface area contributed by atoms with Crippen molar-refractivity contribution in [1.29, 1.82) is 0 Å². The predicted molar refractivity (Wildman–Crippen MR) is 78.8 cm³/mol. The fourth-order valence-corrected chi connectivity index (χ4v) is 2.04. The average molecular weight is 338 g/mol. The van der Waals surface area contributed by atoms with Gasteiger partial charge in [0.1, 0.15) is 17.0 Å². The summed E-state index contributed by atoms with van der Waals surface area (Å²) >= 11 is 3.35. The lowest BCUT2D eigenvalue weighted by Crippen LogP contribution is -2.48. The summed E-state index contributed by atoms with van der Waals surface area (Å²) in [4.78, 5) is 16.3. The number of halogens is 1. The van der Waals surface area contributed by atoms with Gasteiger partial charge in [-0.2, -0.15) is 0 Å². The second kappa shape index (κ2) is 5.76. The molecule has 20 heavy (non-hydrogen) atoms. The van der Waals surface area contributed by atoms with E-state index in [4.69, 9.17) is 10.2 Å². The number of rotatable bonds is 4. The molecule has 6 heteroatoms. The minimum atomic E-state index is -1.10. The second-order valence-corrected chi connectivity index (χ2v) is 5.66. The Bertz CT molecular complexity index is 605. The first-order valence-electron chi connectivity index (χ1n) is 6.13. The molecule has 0 saturated heterocycles. The first-order valence-corrected chi connectivity index (χ1v) is 6.92. The van der Waals surface area contributed by atoms with Gasteiger partial charge in [0.15, 0.2) is 6.39 Å². The zero-order valence-electron chi connectivity index (χ0n) is 11.3. The zero-order chi connectivity index (χ0) is 14.8. The molecule has 0 aliphatic carbocycles. The number of benzene rings is 1. The van der Waals surface area contributed by atoms with Crippen LogP contribution in [-0.2, 0) is 16.9 Å². The number of nitrogens with one attached hydrogen (secondary N) is 1. The molecule has 0 bridgehead atoms. The van der Waals surface area contributed by atoms with Gasteiger partial charge in [0, 0.05) is 4.47 Å². The van der Waals surface area contributed by atoms with Crippen LogP contribution in [0.15, 0.2) is 39.5 Å². The van der Waals surface area contributed by atoms with E-state index in [-0.39, 0.29) is 5.91 Å². The smallest absolute Gasteiger partial charge is 0.244 e. The van der Waals surface area contributed by atoms with Gasteiger partial charge in [-0.1, -0.05) is 28.1 Å². The predicted octanol–water partition coefficient (Wildman–Crippen LogP) is 2.24. The van der Waals surface area contributed by atoms with Crippen molar-refractivity contribution < 1.29 is 9.21 Å². The molecular weight excluding hydrogens is 322 g/mol. The quantitative estimate of drug-likeness (QED) is 0.896. The first kappa shape index (κ1) is 14.7. The lowest BCUT2D eigenvalue weighted by molar-refractivity contribution is -0.126. The highest BCUT2D eigenvalue weighted by atomic mass is 79.9. The molecule has 1 atom stereocenters. The van der Waals surface area contributed by atoms with Crippen LogP contribution in [0.25, 0.3) is 0 Å². The molecule has 1 aromatic carbocycles. The van der Waals surface area contributed by atoms with Gasteiger partial charge in [-0.3, -0.25) is 4.79 Å². The summed E-state index contributed by atoms with van der Waals surface area (Å²) < 4.78 is 6.02. The highest BCUT2D eigenvalue weighted by Crippen LogP contribution is 2.20. The molecule has 1 aromatic heterocycles. The van der Waals surface area contributed by atoms with Gasteiger partial charge >= 0.3 is 0 Å². The van der Waals surface area contributed by atoms with E-state index >= 15 is 0 Å². The lowest BCUT2D eigenvalue weighted by atomic mass is 9.92. The minimum Gasteiger partial charge on any atom is -0.448 e. The zero-order valence-corrected chi connectivity index (χ0v) is 12.9. The molecule has 5 nitrogen and oxygen atoms in total. The third kappa shape index (κ3) is 3.08. The number of nitrogens with two attached hydrogens (primary N) is 1. The number of amides is 1. The molecule has 0 aliphatic rings. The van der Waals surface area contributed by atoms with Crippen molar-refractivity contribution in [3.05, 3.63) is 52.1 Å². The number of hydrogen-bond donors (Lipinski definition) is 2. The molecule has 1 heterocycles. The summed E-state index contributed by atoms with van der Waals surface area (Å²) in [5.74, 6) is 0.426. The third-order valence-corrected chi connectivity index (χ3v) is 3.71. The Balaban J connectivity index is 2.07. The van der Waals surface area contributed by atoms with E-state index in [1.165, 1.54) is 6.39 Å². The standard InChI is InChI=1S/C14H16BrN3O2/c1-9-12(18-8-20-9)7-17-13(19)14(2,16)10-3-5-11(15)6-4-10/h3-6,8H,7,16H2,1-2H3,(H,17,19). The maximum Gasteiger partial charge on any atom is 0.244 e. The molecule has 0 radical (unpaired) electrons. The second-order valence-electron chi connectivity index (χ2n) is 4.75. The Morgan fingerprint density at radius 1 is 1.45 bits per heavy atom. The Morgan fingerprint density at radius 3 is 2.65 bits per heavy atom. The van der Waals surface area contributed by atoms with Crippen LogP contribution < -0.4 is 11.1 Å². The first-order chi connectivity index (χ1) is 9.41. The van der Waals surface area contributed by atoms with Crippen molar-refractivity contribution in [1.82, 2.24) is 10.3 Å². The van der Waals surface area contributed by atoms with Crippen molar-refractivity contribution >= 4 is 21.8 Å². The molecule has 1 unspecified atom stereocenters. The monoisotopic (exact) mass is 337 g/mol. The van der Waals surface area contributed by atoms with Crippen LogP contribution in [0, 0.1) is 6.92 Å². The maximum absolute atomic E-state index is 12.3. The summed E-state index contributed by atoms with van der Waals surface area (Å²) in [5.41, 5.74) is 6.48. The molecule has 0 aliphatic heterocycles. The molecular formula is C14H16BrN3O2. The van der Waals surface area contributed by atoms with Crippen molar-refractivity contribution in [3.8, 4) is 0 Å². The fourth-order valence-electron chi connectivity index (χ4n) is 1.77. The number of carbonyl (C=O) groups excluding carboxylic acids is 1. The molecule has 106 valence electrons. The molecule has 0 saturated carbocycles. The molecule has 0 spiro atoms. The van der Waals surface area contributed by atoms with Gasteiger partial charge in [0.05, 0.1) is 6.54 Å². The van der Waals surface area contributed by atoms with E-state index in [1.807, 2.05) is 24.3 Å². The van der Waals surface area contributed by atoms with Gasteiger partial charge in [-0.15, -0.1) is 0 Å². The Morgan fingerprint density at radius 2 is 2.10 bits per heavy atom. The SMILES string of the molecule is Cc1ocnc1CNC(=O)C(C)(N)c1ccc(Br)cc1. The minimum absolute atomic E-state index is 0.262. The van der Waals surface area contributed by atoms with Crippen LogP contribution in [0.4, 0.5) is 0 Å². The molecule has 3 N–H and O–H groups in total. The van der Waals surface area contributed by atoms with Crippen molar-refractivity contribution in [2.45, 2.75) is 25.9 Å². The largest absolute Gasteiger partial charge is 0.448 e. The number of aryl methyl sites for hydroxylation is 1. The van der Waals surface area contributed by atoms with Crippen LogP contribution in [0.2, 0.25) is 0 Å². The van der Waals surface area contributed by atoms with E-state index in [1.54, 1.807) is 13.8 Å². The Kier molecular flexibility index (Phi) is 4.25. The van der Waals surface area contributed by atoms with Crippen LogP contribution in [0.5, 0.6) is 0 Å². The van der Waals surface area contributed by atoms with Gasteiger partial charge in [0.2, 0.25) is 5.91 Å². The van der Waals surface area contributed by atoms with Crippen LogP contribution in [-0.4, -0.2) is 10.9 Å². The molecule has 2 aromatic rings. The van der Waals surface area contributed by atoms with Gasteiger partial charge in [-0.05, 0) is 31.5 Å². The van der Waals surface area contributed by atoms with E-state index in [9.17, 15) is 4.79 Å². The van der Waals surface area contributed by atoms with Crippen LogP contribution >= 0.6 is 15.9 Å². The number of nitrogens with zero attached hydrogens (tertiary/aromatic N) is 1. The Hall–Kier alpha value is -1.66. The fraction of sp³-hybridized carbons (Fsp3) is 0.286. The third-order valence-electron chi connectivity index (χ3n) is 3.18. The van der Waals surface area contributed by atoms with E-state index in [0.29, 0.717) is 18.0 Å². The van der Waals surface area contributed by atoms with Crippen molar-refractivity contribution in [2.75, 3.05) is 0 Å². The van der Waals surface area contributed by atoms with Crippen molar-refractivity contribution in [3.63, 3.8) is 0 Å². The summed E-state index contributed by atoms with van der Waals surface area (Å²) in [7, 11) is 0. The molecule has 2 rings (SSSR count). The van der Waals surface area contributed by atoms with Gasteiger partial charge in [-0.25, -0.2) is 4.98 Å². The average Bonchev–Trinajstić information content (AvgIpc) is 2.82. The summed E-state index contributed by atoms with van der Waals surface area (Å²) in [5, 5.41) is 2.78. The van der Waals surface area contributed by atoms with Gasteiger partial charge in [0.25, 0.3) is 0 Å². The number of hydrogen-bond acceptors (Lipinski definition) is 4. The Labute approximate surface area is 125 Å². The molecule has 0 fully saturated rings. The van der Waals surface area contributed by atoms with E-state index in [0.717, 1.165) is 10.0 Å². The van der Waals surface area contributed by atoms with E-state index < -0.39 is 5.54 Å². The highest BCUT2D eigenvalue weighted by molar-refractivity contribution is 9.10. The number of aromatic nitrogens is 1. The highest BCUT2D eigenvalue weighted by Gasteiger charge is 2.30. The summed E-state index contributed by atoms with van der Waals surface area (Å²) in [6, 6.07) is 7.36. The number of carbonyl (C=O) groups is 1. The van der Waals surface area contributed by atoms with Gasteiger partial charge < -0.3 is 15.5 Å². The molecule has 1 amide bonds. The lowest BCUT2D eigenvalue weighted by Gasteiger charge is -2.24. The maximum atomic E-state index is 12.3. The van der Waals surface area contributed by atoms with Crippen molar-refractivity contribution in [2.24, 2.45) is 5.73 Å².